The lowest BCUT2D eigenvalue weighted by atomic mass is 10.2. The lowest BCUT2D eigenvalue weighted by molar-refractivity contribution is 0.0696. The van der Waals surface area contributed by atoms with Crippen molar-refractivity contribution in [2.45, 2.75) is 0 Å². The van der Waals surface area contributed by atoms with Gasteiger partial charge in [0.15, 0.2) is 0 Å². The number of aromatic nitrogens is 1. The van der Waals surface area contributed by atoms with Crippen molar-refractivity contribution in [2.24, 2.45) is 0 Å². The molecule has 0 bridgehead atoms. The van der Waals surface area contributed by atoms with E-state index in [2.05, 4.69) is 26.2 Å². The van der Waals surface area contributed by atoms with Crippen LogP contribution in [0.3, 0.4) is 0 Å². The lowest BCUT2D eigenvalue weighted by Gasteiger charge is -2.08. The number of nitrogens with zero attached hydrogens (tertiary/aromatic N) is 1. The van der Waals surface area contributed by atoms with Crippen LogP contribution >= 0.6 is 27.5 Å². The van der Waals surface area contributed by atoms with E-state index < -0.39 is 11.9 Å². The molecule has 0 radical (unpaired) electrons. The van der Waals surface area contributed by atoms with E-state index in [1.165, 1.54) is 18.2 Å². The first-order valence-corrected chi connectivity index (χ1v) is 6.61. The van der Waals surface area contributed by atoms with Gasteiger partial charge in [-0.1, -0.05) is 17.7 Å². The Labute approximate surface area is 127 Å². The molecule has 5 nitrogen and oxygen atoms in total. The summed E-state index contributed by atoms with van der Waals surface area (Å²) >= 11 is 8.95. The zero-order valence-electron chi connectivity index (χ0n) is 9.93. The lowest BCUT2D eigenvalue weighted by Crippen LogP contribution is -2.14. The number of pyridine rings is 1. The molecule has 20 heavy (non-hydrogen) atoms. The van der Waals surface area contributed by atoms with Crippen LogP contribution in [0, 0.1) is 0 Å². The number of hydrogen-bond acceptors (Lipinski definition) is 3. The molecular formula is C13H8BrClN2O3. The second-order valence-electron chi connectivity index (χ2n) is 3.80. The van der Waals surface area contributed by atoms with Crippen LogP contribution in [0.5, 0.6) is 0 Å². The van der Waals surface area contributed by atoms with E-state index in [0.717, 1.165) is 0 Å². The van der Waals surface area contributed by atoms with Crippen LogP contribution in [0.1, 0.15) is 20.8 Å². The molecule has 1 heterocycles. The van der Waals surface area contributed by atoms with Crippen molar-refractivity contribution in [1.82, 2.24) is 4.98 Å². The van der Waals surface area contributed by atoms with Crippen molar-refractivity contribution >= 4 is 45.1 Å². The Hall–Kier alpha value is -1.92. The first kappa shape index (κ1) is 14.5. The molecule has 102 valence electrons. The molecule has 1 amide bonds. The maximum Gasteiger partial charge on any atom is 0.335 e. The van der Waals surface area contributed by atoms with E-state index in [9.17, 15) is 9.59 Å². The summed E-state index contributed by atoms with van der Waals surface area (Å²) in [6, 6.07) is 9.00. The smallest absolute Gasteiger partial charge is 0.335 e. The molecule has 7 heteroatoms. The Morgan fingerprint density at radius 2 is 2.00 bits per heavy atom. The number of carbonyl (C=O) groups is 2. The van der Waals surface area contributed by atoms with Crippen LogP contribution in [0.15, 0.2) is 40.9 Å². The van der Waals surface area contributed by atoms with Crippen LogP contribution in [0.4, 0.5) is 5.69 Å². The zero-order chi connectivity index (χ0) is 14.7. The summed E-state index contributed by atoms with van der Waals surface area (Å²) in [7, 11) is 0. The van der Waals surface area contributed by atoms with E-state index in [0.29, 0.717) is 10.2 Å². The highest BCUT2D eigenvalue weighted by Gasteiger charge is 2.12. The van der Waals surface area contributed by atoms with Crippen molar-refractivity contribution in [3.8, 4) is 0 Å². The minimum absolute atomic E-state index is 0.0718. The van der Waals surface area contributed by atoms with Crippen LogP contribution in [-0.2, 0) is 0 Å². The monoisotopic (exact) mass is 354 g/mol. The highest BCUT2D eigenvalue weighted by molar-refractivity contribution is 9.10. The van der Waals surface area contributed by atoms with E-state index in [-0.39, 0.29) is 16.4 Å². The number of benzene rings is 1. The maximum absolute atomic E-state index is 12.0. The molecule has 0 atom stereocenters. The summed E-state index contributed by atoms with van der Waals surface area (Å²) in [5.41, 5.74) is 0.560. The van der Waals surface area contributed by atoms with Gasteiger partial charge in [-0.3, -0.25) is 4.79 Å². The van der Waals surface area contributed by atoms with E-state index in [1.54, 1.807) is 18.2 Å². The number of carboxylic acids is 1. The fourth-order valence-corrected chi connectivity index (χ4v) is 1.98. The van der Waals surface area contributed by atoms with Gasteiger partial charge in [0.1, 0.15) is 10.8 Å². The van der Waals surface area contributed by atoms with E-state index >= 15 is 0 Å². The molecular weight excluding hydrogens is 348 g/mol. The molecule has 1 aromatic heterocycles. The average molecular weight is 356 g/mol. The van der Waals surface area contributed by atoms with Gasteiger partial charge < -0.3 is 10.4 Å². The number of hydrogen-bond donors (Lipinski definition) is 2. The molecule has 0 saturated heterocycles. The molecule has 0 unspecified atom stereocenters. The molecule has 0 fully saturated rings. The third-order valence-corrected chi connectivity index (χ3v) is 3.31. The van der Waals surface area contributed by atoms with Crippen molar-refractivity contribution < 1.29 is 14.7 Å². The molecule has 2 aromatic rings. The Morgan fingerprint density at radius 1 is 1.25 bits per heavy atom. The Balaban J connectivity index is 2.27. The second-order valence-corrected chi connectivity index (χ2v) is 5.04. The summed E-state index contributed by atoms with van der Waals surface area (Å²) in [4.78, 5) is 26.8. The largest absolute Gasteiger partial charge is 0.478 e. The minimum Gasteiger partial charge on any atom is -0.478 e. The highest BCUT2D eigenvalue weighted by atomic mass is 79.9. The van der Waals surface area contributed by atoms with E-state index in [4.69, 9.17) is 16.7 Å². The standard InChI is InChI=1S/C13H8BrClN2O3/c14-8-5-4-7(13(19)20)6-10(8)17-12(18)9-2-1-3-11(15)16-9/h1-6H,(H,17,18)(H,19,20). The van der Waals surface area contributed by atoms with Crippen LogP contribution < -0.4 is 5.32 Å². The van der Waals surface area contributed by atoms with Gasteiger partial charge >= 0.3 is 5.97 Å². The number of anilines is 1. The SMILES string of the molecule is O=C(O)c1ccc(Br)c(NC(=O)c2cccc(Cl)n2)c1. The molecule has 0 aliphatic carbocycles. The third-order valence-electron chi connectivity index (χ3n) is 2.41. The van der Waals surface area contributed by atoms with Crippen LogP contribution in [0.25, 0.3) is 0 Å². The number of aromatic carboxylic acids is 1. The number of carboxylic acid groups (broad SMARTS) is 1. The number of amides is 1. The van der Waals surface area contributed by atoms with Gasteiger partial charge in [0.05, 0.1) is 11.3 Å². The number of carbonyl (C=O) groups excluding carboxylic acids is 1. The zero-order valence-corrected chi connectivity index (χ0v) is 12.3. The minimum atomic E-state index is -1.08. The Bertz CT molecular complexity index is 691. The Kier molecular flexibility index (Phi) is 4.36. The molecule has 0 aliphatic heterocycles. The van der Waals surface area contributed by atoms with Gasteiger partial charge in [-0.25, -0.2) is 9.78 Å². The predicted octanol–water partition coefficient (Wildman–Crippen LogP) is 3.45. The van der Waals surface area contributed by atoms with Crippen LogP contribution in [-0.4, -0.2) is 22.0 Å². The van der Waals surface area contributed by atoms with Crippen LogP contribution in [0.2, 0.25) is 5.15 Å². The fraction of sp³-hybridized carbons (Fsp3) is 0. The summed E-state index contributed by atoms with van der Waals surface area (Å²) in [5.74, 6) is -1.55. The predicted molar refractivity (Wildman–Crippen MR) is 78.3 cm³/mol. The van der Waals surface area contributed by atoms with Gasteiger partial charge in [0, 0.05) is 4.47 Å². The molecule has 2 rings (SSSR count). The normalized spacial score (nSPS) is 10.1. The number of rotatable bonds is 3. The molecule has 0 saturated carbocycles. The maximum atomic E-state index is 12.0. The Morgan fingerprint density at radius 3 is 2.65 bits per heavy atom. The molecule has 0 spiro atoms. The first-order chi connectivity index (χ1) is 9.47. The van der Waals surface area contributed by atoms with Gasteiger partial charge in [0.25, 0.3) is 5.91 Å². The summed E-state index contributed by atoms with van der Waals surface area (Å²) < 4.78 is 0.567. The molecule has 2 N–H and O–H groups in total. The van der Waals surface area contributed by atoms with Crippen molar-refractivity contribution in [3.63, 3.8) is 0 Å². The van der Waals surface area contributed by atoms with Gasteiger partial charge in [0.2, 0.25) is 0 Å². The average Bonchev–Trinajstić information content (AvgIpc) is 2.41. The van der Waals surface area contributed by atoms with Gasteiger partial charge in [-0.15, -0.1) is 0 Å². The fourth-order valence-electron chi connectivity index (χ4n) is 1.48. The molecule has 1 aromatic carbocycles. The summed E-state index contributed by atoms with van der Waals surface area (Å²) in [6.45, 7) is 0. The third kappa shape index (κ3) is 3.34. The van der Waals surface area contributed by atoms with Crippen molar-refractivity contribution in [2.75, 3.05) is 5.32 Å². The van der Waals surface area contributed by atoms with Gasteiger partial charge in [-0.05, 0) is 46.3 Å². The first-order valence-electron chi connectivity index (χ1n) is 5.44. The summed E-state index contributed by atoms with van der Waals surface area (Å²) in [6.07, 6.45) is 0. The van der Waals surface area contributed by atoms with Gasteiger partial charge in [-0.2, -0.15) is 0 Å². The molecule has 0 aliphatic rings. The second kappa shape index (κ2) is 6.02. The topological polar surface area (TPSA) is 79.3 Å². The highest BCUT2D eigenvalue weighted by Crippen LogP contribution is 2.24. The quantitative estimate of drug-likeness (QED) is 0.827. The van der Waals surface area contributed by atoms with Crippen molar-refractivity contribution in [3.05, 3.63) is 57.3 Å². The number of nitrogens with one attached hydrogen (secondary N) is 1. The van der Waals surface area contributed by atoms with Crippen molar-refractivity contribution in [1.29, 1.82) is 0 Å². The summed E-state index contributed by atoms with van der Waals surface area (Å²) in [5, 5.41) is 11.7. The van der Waals surface area contributed by atoms with E-state index in [1.807, 2.05) is 0 Å². The number of halogens is 2.